The Morgan fingerprint density at radius 1 is 1.00 bits per heavy atom. The fourth-order valence-corrected chi connectivity index (χ4v) is 3.89. The van der Waals surface area contributed by atoms with Crippen LogP contribution in [0.25, 0.3) is 0 Å². The van der Waals surface area contributed by atoms with Crippen molar-refractivity contribution in [1.29, 1.82) is 0 Å². The summed E-state index contributed by atoms with van der Waals surface area (Å²) in [5, 5.41) is 12.5. The van der Waals surface area contributed by atoms with Gasteiger partial charge in [-0.15, -0.1) is 10.2 Å². The second-order valence-corrected chi connectivity index (χ2v) is 7.73. The quantitative estimate of drug-likeness (QED) is 0.404. The van der Waals surface area contributed by atoms with Gasteiger partial charge < -0.3 is 14.8 Å². The second kappa shape index (κ2) is 9.45. The standard InChI is InChI=1S/C19H21N3O2S2/c1-3-23-15-8-10-16(11-9-15)24-12-13-25-19-22-21-18(26-19)20-17-7-5-4-6-14(17)2/h4-11H,3,12-13H2,1-2H3,(H,20,21). The zero-order valence-electron chi connectivity index (χ0n) is 14.8. The molecule has 1 N–H and O–H groups in total. The number of ether oxygens (including phenoxy) is 2. The Kier molecular flexibility index (Phi) is 6.74. The van der Waals surface area contributed by atoms with Crippen LogP contribution < -0.4 is 14.8 Å². The van der Waals surface area contributed by atoms with Crippen molar-refractivity contribution in [2.45, 2.75) is 18.2 Å². The van der Waals surface area contributed by atoms with Crippen LogP contribution in [0.1, 0.15) is 12.5 Å². The van der Waals surface area contributed by atoms with Gasteiger partial charge in [0.25, 0.3) is 0 Å². The molecule has 0 unspecified atom stereocenters. The van der Waals surface area contributed by atoms with Crippen LogP contribution in [-0.2, 0) is 0 Å². The maximum Gasteiger partial charge on any atom is 0.210 e. The summed E-state index contributed by atoms with van der Waals surface area (Å²) in [7, 11) is 0. The predicted molar refractivity (Wildman–Crippen MR) is 108 cm³/mol. The Hall–Kier alpha value is -2.25. The molecule has 1 aromatic heterocycles. The molecular formula is C19H21N3O2S2. The molecule has 3 aromatic rings. The maximum absolute atomic E-state index is 5.74. The molecule has 1 heterocycles. The Morgan fingerprint density at radius 3 is 2.46 bits per heavy atom. The highest BCUT2D eigenvalue weighted by molar-refractivity contribution is 8.01. The number of benzene rings is 2. The molecule has 7 heteroatoms. The number of hydrogen-bond acceptors (Lipinski definition) is 7. The maximum atomic E-state index is 5.74. The zero-order valence-corrected chi connectivity index (χ0v) is 16.4. The zero-order chi connectivity index (χ0) is 18.2. The lowest BCUT2D eigenvalue weighted by atomic mass is 10.2. The molecule has 0 atom stereocenters. The molecule has 26 heavy (non-hydrogen) atoms. The lowest BCUT2D eigenvalue weighted by Crippen LogP contribution is -2.00. The van der Waals surface area contributed by atoms with Crippen LogP contribution in [0.5, 0.6) is 11.5 Å². The van der Waals surface area contributed by atoms with E-state index in [1.54, 1.807) is 23.1 Å². The molecule has 0 fully saturated rings. The minimum Gasteiger partial charge on any atom is -0.494 e. The molecule has 0 amide bonds. The molecule has 2 aromatic carbocycles. The average Bonchev–Trinajstić information content (AvgIpc) is 3.10. The van der Waals surface area contributed by atoms with Crippen molar-refractivity contribution in [2.24, 2.45) is 0 Å². The van der Waals surface area contributed by atoms with Crippen LogP contribution in [0, 0.1) is 6.92 Å². The Labute approximate surface area is 161 Å². The van der Waals surface area contributed by atoms with Crippen LogP contribution in [0.2, 0.25) is 0 Å². The van der Waals surface area contributed by atoms with Crippen molar-refractivity contribution in [2.75, 3.05) is 24.3 Å². The van der Waals surface area contributed by atoms with E-state index >= 15 is 0 Å². The van der Waals surface area contributed by atoms with E-state index in [4.69, 9.17) is 9.47 Å². The number of aromatic nitrogens is 2. The van der Waals surface area contributed by atoms with Crippen molar-refractivity contribution in [3.8, 4) is 11.5 Å². The van der Waals surface area contributed by atoms with Crippen molar-refractivity contribution in [3.05, 3.63) is 54.1 Å². The molecule has 0 aliphatic heterocycles. The molecule has 0 aliphatic rings. The van der Waals surface area contributed by atoms with Crippen LogP contribution in [-0.4, -0.2) is 29.2 Å². The summed E-state index contributed by atoms with van der Waals surface area (Å²) in [6.07, 6.45) is 0. The number of aryl methyl sites for hydroxylation is 1. The number of thioether (sulfide) groups is 1. The molecule has 5 nitrogen and oxygen atoms in total. The minimum atomic E-state index is 0.610. The minimum absolute atomic E-state index is 0.610. The van der Waals surface area contributed by atoms with Crippen LogP contribution in [0.15, 0.2) is 52.9 Å². The number of hydrogen-bond donors (Lipinski definition) is 1. The Balaban J connectivity index is 1.43. The third-order valence-corrected chi connectivity index (χ3v) is 5.44. The third kappa shape index (κ3) is 5.37. The molecule has 0 saturated carbocycles. The van der Waals surface area contributed by atoms with Crippen molar-refractivity contribution in [1.82, 2.24) is 10.2 Å². The molecule has 0 saturated heterocycles. The summed E-state index contributed by atoms with van der Waals surface area (Å²) in [6.45, 7) is 5.31. The van der Waals surface area contributed by atoms with Gasteiger partial charge in [0, 0.05) is 11.4 Å². The van der Waals surface area contributed by atoms with Gasteiger partial charge in [-0.05, 0) is 49.7 Å². The Bertz CT molecular complexity index is 822. The van der Waals surface area contributed by atoms with E-state index in [0.29, 0.717) is 13.2 Å². The van der Waals surface area contributed by atoms with Crippen LogP contribution >= 0.6 is 23.1 Å². The largest absolute Gasteiger partial charge is 0.494 e. The van der Waals surface area contributed by atoms with Gasteiger partial charge in [-0.2, -0.15) is 0 Å². The molecule has 136 valence electrons. The van der Waals surface area contributed by atoms with E-state index in [1.165, 1.54) is 5.56 Å². The van der Waals surface area contributed by atoms with Gasteiger partial charge in [0.1, 0.15) is 11.5 Å². The summed E-state index contributed by atoms with van der Waals surface area (Å²) in [6, 6.07) is 15.8. The molecule has 3 rings (SSSR count). The highest BCUT2D eigenvalue weighted by Gasteiger charge is 2.06. The van der Waals surface area contributed by atoms with E-state index in [-0.39, 0.29) is 0 Å². The van der Waals surface area contributed by atoms with E-state index in [2.05, 4.69) is 28.5 Å². The van der Waals surface area contributed by atoms with Gasteiger partial charge in [0.2, 0.25) is 5.13 Å². The molecular weight excluding hydrogens is 366 g/mol. The fraction of sp³-hybridized carbons (Fsp3) is 0.263. The SMILES string of the molecule is CCOc1ccc(OCCSc2nnc(Nc3ccccc3C)s2)cc1. The summed E-state index contributed by atoms with van der Waals surface area (Å²) >= 11 is 3.19. The highest BCUT2D eigenvalue weighted by atomic mass is 32.2. The van der Waals surface area contributed by atoms with Crippen molar-refractivity contribution >= 4 is 33.9 Å². The first-order valence-corrected chi connectivity index (χ1v) is 10.2. The summed E-state index contributed by atoms with van der Waals surface area (Å²) in [5.41, 5.74) is 2.24. The van der Waals surface area contributed by atoms with Gasteiger partial charge in [-0.25, -0.2) is 0 Å². The highest BCUT2D eigenvalue weighted by Crippen LogP contribution is 2.28. The normalized spacial score (nSPS) is 10.5. The monoisotopic (exact) mass is 387 g/mol. The van der Waals surface area contributed by atoms with Gasteiger partial charge in [-0.1, -0.05) is 41.3 Å². The van der Waals surface area contributed by atoms with E-state index in [9.17, 15) is 0 Å². The molecule has 0 spiro atoms. The van der Waals surface area contributed by atoms with E-state index < -0.39 is 0 Å². The van der Waals surface area contributed by atoms with Gasteiger partial charge in [0.15, 0.2) is 4.34 Å². The predicted octanol–water partition coefficient (Wildman–Crippen LogP) is 5.16. The lowest BCUT2D eigenvalue weighted by Gasteiger charge is -2.07. The van der Waals surface area contributed by atoms with Crippen molar-refractivity contribution < 1.29 is 9.47 Å². The third-order valence-electron chi connectivity index (χ3n) is 3.51. The number of nitrogens with one attached hydrogen (secondary N) is 1. The molecule has 0 radical (unpaired) electrons. The van der Waals surface area contributed by atoms with Gasteiger partial charge in [-0.3, -0.25) is 0 Å². The molecule has 0 aliphatic carbocycles. The Morgan fingerprint density at radius 2 is 1.73 bits per heavy atom. The number of rotatable bonds is 9. The fourth-order valence-electron chi connectivity index (χ4n) is 2.23. The summed E-state index contributed by atoms with van der Waals surface area (Å²) in [4.78, 5) is 0. The van der Waals surface area contributed by atoms with Gasteiger partial charge in [0.05, 0.1) is 13.2 Å². The van der Waals surface area contributed by atoms with Crippen LogP contribution in [0.3, 0.4) is 0 Å². The van der Waals surface area contributed by atoms with Crippen LogP contribution in [0.4, 0.5) is 10.8 Å². The average molecular weight is 388 g/mol. The first-order chi connectivity index (χ1) is 12.7. The van der Waals surface area contributed by atoms with E-state index in [1.807, 2.05) is 49.4 Å². The first kappa shape index (κ1) is 18.5. The topological polar surface area (TPSA) is 56.3 Å². The summed E-state index contributed by atoms with van der Waals surface area (Å²) < 4.78 is 12.1. The second-order valence-electron chi connectivity index (χ2n) is 5.41. The first-order valence-electron chi connectivity index (χ1n) is 8.39. The smallest absolute Gasteiger partial charge is 0.210 e. The van der Waals surface area contributed by atoms with E-state index in [0.717, 1.165) is 32.4 Å². The lowest BCUT2D eigenvalue weighted by molar-refractivity contribution is 0.332. The van der Waals surface area contributed by atoms with Gasteiger partial charge >= 0.3 is 0 Å². The number of anilines is 2. The number of para-hydroxylation sites is 1. The molecule has 0 bridgehead atoms. The van der Waals surface area contributed by atoms with Crippen molar-refractivity contribution in [3.63, 3.8) is 0 Å². The summed E-state index contributed by atoms with van der Waals surface area (Å²) in [5.74, 6) is 2.51. The number of nitrogens with zero attached hydrogens (tertiary/aromatic N) is 2.